The van der Waals surface area contributed by atoms with Crippen molar-refractivity contribution >= 4 is 45.1 Å². The van der Waals surface area contributed by atoms with Crippen LogP contribution < -0.4 is 11.1 Å². The second-order valence-electron chi connectivity index (χ2n) is 5.94. The molecule has 2 aromatic rings. The van der Waals surface area contributed by atoms with Gasteiger partial charge in [-0.1, -0.05) is 11.6 Å². The van der Waals surface area contributed by atoms with Crippen LogP contribution in [0.2, 0.25) is 5.02 Å². The Kier molecular flexibility index (Phi) is 5.33. The summed E-state index contributed by atoms with van der Waals surface area (Å²) in [5.74, 6) is 0.129. The third kappa shape index (κ3) is 4.23. The Morgan fingerprint density at radius 1 is 1.38 bits per heavy atom. The van der Waals surface area contributed by atoms with Gasteiger partial charge in [-0.2, -0.15) is 0 Å². The molecule has 0 spiro atoms. The van der Waals surface area contributed by atoms with E-state index in [4.69, 9.17) is 22.3 Å². The van der Waals surface area contributed by atoms with Gasteiger partial charge in [0, 0.05) is 23.9 Å². The van der Waals surface area contributed by atoms with Gasteiger partial charge in [-0.15, -0.1) is 11.3 Å². The van der Waals surface area contributed by atoms with E-state index in [2.05, 4.69) is 10.2 Å². The molecule has 0 unspecified atom stereocenters. The van der Waals surface area contributed by atoms with Gasteiger partial charge in [0.1, 0.15) is 0 Å². The average molecular weight is 367 g/mol. The van der Waals surface area contributed by atoms with Crippen LogP contribution in [0.15, 0.2) is 18.2 Å². The molecule has 8 heteroatoms. The number of fused-ring (bicyclic) bond motifs is 1. The van der Waals surface area contributed by atoms with E-state index in [9.17, 15) is 9.59 Å². The van der Waals surface area contributed by atoms with Gasteiger partial charge < -0.3 is 10.6 Å². The van der Waals surface area contributed by atoms with E-state index in [0.29, 0.717) is 17.5 Å². The van der Waals surface area contributed by atoms with Crippen LogP contribution in [0.25, 0.3) is 10.2 Å². The number of rotatable bonds is 4. The number of nitrogens with one attached hydrogen (secondary N) is 1. The summed E-state index contributed by atoms with van der Waals surface area (Å²) in [5, 5.41) is 3.97. The Hall–Kier alpha value is -1.70. The summed E-state index contributed by atoms with van der Waals surface area (Å²) in [6, 6.07) is 5.02. The third-order valence-electron chi connectivity index (χ3n) is 4.22. The molecule has 0 bridgehead atoms. The summed E-state index contributed by atoms with van der Waals surface area (Å²) >= 11 is 7.76. The van der Waals surface area contributed by atoms with Crippen molar-refractivity contribution in [2.75, 3.05) is 19.6 Å². The Labute approximate surface area is 149 Å². The number of hydrogen-bond acceptors (Lipinski definition) is 5. The number of hydrogen-bond donors (Lipinski definition) is 2. The van der Waals surface area contributed by atoms with Gasteiger partial charge in [0.15, 0.2) is 0 Å². The van der Waals surface area contributed by atoms with Crippen molar-refractivity contribution in [3.8, 4) is 0 Å². The maximum absolute atomic E-state index is 11.5. The lowest BCUT2D eigenvalue weighted by atomic mass is 9.97. The average Bonchev–Trinajstić information content (AvgIpc) is 2.96. The molecule has 128 valence electrons. The molecule has 3 amide bonds. The van der Waals surface area contributed by atoms with Gasteiger partial charge in [-0.25, -0.2) is 9.78 Å². The number of nitrogens with two attached hydrogens (primary N) is 1. The van der Waals surface area contributed by atoms with E-state index in [1.165, 1.54) is 9.71 Å². The van der Waals surface area contributed by atoms with Crippen molar-refractivity contribution < 1.29 is 9.59 Å². The van der Waals surface area contributed by atoms with E-state index in [-0.39, 0.29) is 12.3 Å². The van der Waals surface area contributed by atoms with E-state index in [1.807, 2.05) is 18.2 Å². The van der Waals surface area contributed by atoms with Crippen LogP contribution in [0.4, 0.5) is 4.79 Å². The number of imide groups is 1. The number of benzene rings is 1. The van der Waals surface area contributed by atoms with Crippen molar-refractivity contribution in [1.29, 1.82) is 0 Å². The van der Waals surface area contributed by atoms with Gasteiger partial charge in [-0.05, 0) is 44.1 Å². The van der Waals surface area contributed by atoms with E-state index >= 15 is 0 Å². The first kappa shape index (κ1) is 17.1. The van der Waals surface area contributed by atoms with Crippen LogP contribution in [0.1, 0.15) is 30.2 Å². The Morgan fingerprint density at radius 2 is 2.12 bits per heavy atom. The third-order valence-corrected chi connectivity index (χ3v) is 5.65. The molecular weight excluding hydrogens is 348 g/mol. The number of carbonyl (C=O) groups excluding carboxylic acids is 2. The zero-order chi connectivity index (χ0) is 17.1. The molecule has 1 fully saturated rings. The van der Waals surface area contributed by atoms with Crippen LogP contribution in [0.3, 0.4) is 0 Å². The minimum Gasteiger partial charge on any atom is -0.351 e. The van der Waals surface area contributed by atoms with Crippen molar-refractivity contribution in [3.05, 3.63) is 28.2 Å². The highest BCUT2D eigenvalue weighted by atomic mass is 35.5. The van der Waals surface area contributed by atoms with Gasteiger partial charge in [0.2, 0.25) is 5.91 Å². The monoisotopic (exact) mass is 366 g/mol. The molecule has 6 nitrogen and oxygen atoms in total. The number of primary amides is 1. The Balaban J connectivity index is 1.52. The van der Waals surface area contributed by atoms with Crippen molar-refractivity contribution in [3.63, 3.8) is 0 Å². The SMILES string of the molecule is NC(=O)NC(=O)CCN1CCC(c2nc3cc(Cl)ccc3s2)CC1. The van der Waals surface area contributed by atoms with Crippen molar-refractivity contribution in [2.45, 2.75) is 25.2 Å². The highest BCUT2D eigenvalue weighted by molar-refractivity contribution is 7.18. The molecule has 0 atom stereocenters. The van der Waals surface area contributed by atoms with Gasteiger partial charge >= 0.3 is 6.03 Å². The molecule has 2 heterocycles. The predicted molar refractivity (Wildman–Crippen MR) is 95.4 cm³/mol. The lowest BCUT2D eigenvalue weighted by Gasteiger charge is -2.30. The summed E-state index contributed by atoms with van der Waals surface area (Å²) in [6.45, 7) is 2.48. The van der Waals surface area contributed by atoms with Gasteiger partial charge in [0.25, 0.3) is 0 Å². The fourth-order valence-corrected chi connectivity index (χ4v) is 4.24. The minimum atomic E-state index is -0.797. The number of halogens is 1. The molecule has 1 aliphatic heterocycles. The van der Waals surface area contributed by atoms with Crippen LogP contribution in [0, 0.1) is 0 Å². The van der Waals surface area contributed by atoms with E-state index in [1.54, 1.807) is 11.3 Å². The number of aromatic nitrogens is 1. The molecular formula is C16H19ClN4O2S. The Bertz CT molecular complexity index is 756. The fourth-order valence-electron chi connectivity index (χ4n) is 2.96. The maximum Gasteiger partial charge on any atom is 0.318 e. The molecule has 1 saturated heterocycles. The molecule has 1 aliphatic rings. The Morgan fingerprint density at radius 3 is 2.83 bits per heavy atom. The first-order valence-corrected chi connectivity index (χ1v) is 9.08. The largest absolute Gasteiger partial charge is 0.351 e. The highest BCUT2D eigenvalue weighted by Gasteiger charge is 2.23. The lowest BCUT2D eigenvalue weighted by Crippen LogP contribution is -2.39. The first-order valence-electron chi connectivity index (χ1n) is 7.89. The highest BCUT2D eigenvalue weighted by Crippen LogP contribution is 2.34. The molecule has 3 N–H and O–H groups in total. The lowest BCUT2D eigenvalue weighted by molar-refractivity contribution is -0.120. The molecule has 0 radical (unpaired) electrons. The zero-order valence-electron chi connectivity index (χ0n) is 13.1. The number of thiazole rings is 1. The molecule has 0 saturated carbocycles. The number of nitrogens with zero attached hydrogens (tertiary/aromatic N) is 2. The van der Waals surface area contributed by atoms with Crippen LogP contribution >= 0.6 is 22.9 Å². The quantitative estimate of drug-likeness (QED) is 0.870. The molecule has 24 heavy (non-hydrogen) atoms. The molecule has 0 aliphatic carbocycles. The topological polar surface area (TPSA) is 88.3 Å². The van der Waals surface area contributed by atoms with E-state index < -0.39 is 6.03 Å². The second kappa shape index (κ2) is 7.46. The summed E-state index contributed by atoms with van der Waals surface area (Å²) in [6.07, 6.45) is 2.32. The number of urea groups is 1. The number of carbonyl (C=O) groups is 2. The number of likely N-dealkylation sites (tertiary alicyclic amines) is 1. The van der Waals surface area contributed by atoms with Gasteiger partial charge in [0.05, 0.1) is 15.2 Å². The molecule has 1 aromatic heterocycles. The summed E-state index contributed by atoms with van der Waals surface area (Å²) in [5.41, 5.74) is 5.89. The van der Waals surface area contributed by atoms with E-state index in [0.717, 1.165) is 31.4 Å². The number of piperidine rings is 1. The standard InChI is InChI=1S/C16H19ClN4O2S/c17-11-1-2-13-12(9-11)19-15(24-13)10-3-6-21(7-4-10)8-5-14(22)20-16(18)23/h1-2,9-10H,3-8H2,(H3,18,20,22,23). The van der Waals surface area contributed by atoms with Crippen molar-refractivity contribution in [2.24, 2.45) is 5.73 Å². The van der Waals surface area contributed by atoms with Gasteiger partial charge in [-0.3, -0.25) is 10.1 Å². The van der Waals surface area contributed by atoms with Crippen LogP contribution in [0.5, 0.6) is 0 Å². The number of amides is 3. The predicted octanol–water partition coefficient (Wildman–Crippen LogP) is 2.71. The summed E-state index contributed by atoms with van der Waals surface area (Å²) < 4.78 is 1.17. The minimum absolute atomic E-state index is 0.285. The fraction of sp³-hybridized carbons (Fsp3) is 0.438. The zero-order valence-corrected chi connectivity index (χ0v) is 14.7. The molecule has 3 rings (SSSR count). The first-order chi connectivity index (χ1) is 11.5. The van der Waals surface area contributed by atoms with Crippen LogP contribution in [-0.4, -0.2) is 41.5 Å². The molecule has 1 aromatic carbocycles. The summed E-state index contributed by atoms with van der Waals surface area (Å²) in [4.78, 5) is 29.0. The second-order valence-corrected chi connectivity index (χ2v) is 7.44. The van der Waals surface area contributed by atoms with Crippen LogP contribution in [-0.2, 0) is 4.79 Å². The summed E-state index contributed by atoms with van der Waals surface area (Å²) in [7, 11) is 0. The maximum atomic E-state index is 11.5. The van der Waals surface area contributed by atoms with Crippen molar-refractivity contribution in [1.82, 2.24) is 15.2 Å². The smallest absolute Gasteiger partial charge is 0.318 e. The normalized spacial score (nSPS) is 16.4.